The van der Waals surface area contributed by atoms with Gasteiger partial charge >= 0.3 is 0 Å². The highest BCUT2D eigenvalue weighted by Gasteiger charge is 2.04. The lowest BCUT2D eigenvalue weighted by molar-refractivity contribution is -0.312. The fourth-order valence-electron chi connectivity index (χ4n) is 1.09. The molecule has 0 radical (unpaired) electrons. The number of aryl methyl sites for hydroxylation is 1. The van der Waals surface area contributed by atoms with Crippen LogP contribution in [0, 0.1) is 0 Å². The van der Waals surface area contributed by atoms with Crippen LogP contribution < -0.4 is 9.84 Å². The van der Waals surface area contributed by atoms with Gasteiger partial charge in [0.15, 0.2) is 0 Å². The molecule has 0 saturated heterocycles. The molecule has 0 aliphatic carbocycles. The number of benzene rings is 1. The highest BCUT2D eigenvalue weighted by molar-refractivity contribution is 5.69. The van der Waals surface area contributed by atoms with Crippen molar-refractivity contribution in [3.05, 3.63) is 29.8 Å². The van der Waals surface area contributed by atoms with Gasteiger partial charge in [0.05, 0.1) is 5.97 Å². The molecule has 0 aliphatic heterocycles. The molecule has 1 atom stereocenters. The summed E-state index contributed by atoms with van der Waals surface area (Å²) in [7, 11) is 0. The zero-order valence-corrected chi connectivity index (χ0v) is 8.32. The summed E-state index contributed by atoms with van der Waals surface area (Å²) in [5.41, 5.74) is 1.12. The first-order valence-corrected chi connectivity index (χ1v) is 4.60. The summed E-state index contributed by atoms with van der Waals surface area (Å²) in [5, 5.41) is 10.4. The summed E-state index contributed by atoms with van der Waals surface area (Å²) in [6.07, 6.45) is -0.0150. The number of ether oxygens (including phenoxy) is 1. The van der Waals surface area contributed by atoms with Gasteiger partial charge in [0.25, 0.3) is 0 Å². The van der Waals surface area contributed by atoms with Crippen LogP contribution in [0.25, 0.3) is 0 Å². The van der Waals surface area contributed by atoms with E-state index in [1.807, 2.05) is 25.1 Å². The first kappa shape index (κ1) is 10.6. The molecular formula is C11H13O3-. The summed E-state index contributed by atoms with van der Waals surface area (Å²) in [4.78, 5) is 10.4. The molecule has 0 saturated carbocycles. The van der Waals surface area contributed by atoms with E-state index in [0.717, 1.165) is 12.0 Å². The molecule has 0 N–H and O–H groups in total. The van der Waals surface area contributed by atoms with Crippen molar-refractivity contribution < 1.29 is 14.6 Å². The molecule has 0 bridgehead atoms. The lowest BCUT2D eigenvalue weighted by atomic mass is 10.2. The highest BCUT2D eigenvalue weighted by atomic mass is 16.5. The highest BCUT2D eigenvalue weighted by Crippen LogP contribution is 2.14. The van der Waals surface area contributed by atoms with Gasteiger partial charge in [0.1, 0.15) is 11.9 Å². The quantitative estimate of drug-likeness (QED) is 0.709. The summed E-state index contributed by atoms with van der Waals surface area (Å²) in [6, 6.07) is 7.38. The maximum atomic E-state index is 10.4. The maximum absolute atomic E-state index is 10.4. The van der Waals surface area contributed by atoms with Crippen molar-refractivity contribution in [3.63, 3.8) is 0 Å². The monoisotopic (exact) mass is 193 g/mol. The lowest BCUT2D eigenvalue weighted by Gasteiger charge is -2.15. The minimum atomic E-state index is -1.20. The minimum Gasteiger partial charge on any atom is -0.546 e. The van der Waals surface area contributed by atoms with Crippen LogP contribution >= 0.6 is 0 Å². The van der Waals surface area contributed by atoms with Gasteiger partial charge in [-0.1, -0.05) is 19.1 Å². The molecule has 1 rings (SSSR count). The van der Waals surface area contributed by atoms with E-state index in [1.165, 1.54) is 6.92 Å². The molecule has 0 aliphatic rings. The number of aliphatic carboxylic acids is 1. The summed E-state index contributed by atoms with van der Waals surface area (Å²) in [5.74, 6) is -0.632. The predicted molar refractivity (Wildman–Crippen MR) is 50.9 cm³/mol. The molecule has 0 aromatic heterocycles. The standard InChI is InChI=1S/C11H14O3/c1-3-9-5-4-6-10(7-9)14-8(2)11(12)13/h4-8H,3H2,1-2H3,(H,12,13)/p-1/t8-/m0/s1. The molecule has 3 nitrogen and oxygen atoms in total. The number of carbonyl (C=O) groups is 1. The average molecular weight is 193 g/mol. The third-order valence-corrected chi connectivity index (χ3v) is 1.95. The Labute approximate surface area is 83.3 Å². The average Bonchev–Trinajstić information content (AvgIpc) is 2.18. The Kier molecular flexibility index (Phi) is 3.51. The number of carboxylic acid groups (broad SMARTS) is 1. The second kappa shape index (κ2) is 4.65. The summed E-state index contributed by atoms with van der Waals surface area (Å²) in [6.45, 7) is 3.48. The van der Waals surface area contributed by atoms with Crippen LogP contribution in [0.2, 0.25) is 0 Å². The molecular weight excluding hydrogens is 180 g/mol. The predicted octanol–water partition coefficient (Wildman–Crippen LogP) is 0.766. The smallest absolute Gasteiger partial charge is 0.135 e. The molecule has 0 unspecified atom stereocenters. The molecule has 0 heterocycles. The van der Waals surface area contributed by atoms with Crippen LogP contribution in [-0.2, 0) is 11.2 Å². The van der Waals surface area contributed by atoms with E-state index >= 15 is 0 Å². The number of carboxylic acids is 1. The zero-order valence-electron chi connectivity index (χ0n) is 8.32. The number of carbonyl (C=O) groups excluding carboxylic acids is 1. The third kappa shape index (κ3) is 2.76. The molecule has 0 spiro atoms. The second-order valence-electron chi connectivity index (χ2n) is 3.08. The van der Waals surface area contributed by atoms with E-state index in [1.54, 1.807) is 6.07 Å². The van der Waals surface area contributed by atoms with Crippen molar-refractivity contribution in [1.29, 1.82) is 0 Å². The largest absolute Gasteiger partial charge is 0.546 e. The van der Waals surface area contributed by atoms with Crippen LogP contribution in [0.1, 0.15) is 19.4 Å². The number of hydrogen-bond donors (Lipinski definition) is 0. The minimum absolute atomic E-state index is 0.570. The van der Waals surface area contributed by atoms with Crippen molar-refractivity contribution in [2.75, 3.05) is 0 Å². The molecule has 14 heavy (non-hydrogen) atoms. The Hall–Kier alpha value is -1.51. The van der Waals surface area contributed by atoms with Crippen LogP contribution in [0.15, 0.2) is 24.3 Å². The van der Waals surface area contributed by atoms with Crippen molar-refractivity contribution in [3.8, 4) is 5.75 Å². The van der Waals surface area contributed by atoms with Crippen molar-refractivity contribution in [2.45, 2.75) is 26.4 Å². The van der Waals surface area contributed by atoms with Crippen LogP contribution in [-0.4, -0.2) is 12.1 Å². The van der Waals surface area contributed by atoms with Crippen molar-refractivity contribution in [1.82, 2.24) is 0 Å². The fraction of sp³-hybridized carbons (Fsp3) is 0.364. The SMILES string of the molecule is CCc1cccc(O[C@@H](C)C(=O)[O-])c1. The topological polar surface area (TPSA) is 49.4 Å². The van der Waals surface area contributed by atoms with Crippen LogP contribution in [0.4, 0.5) is 0 Å². The second-order valence-corrected chi connectivity index (χ2v) is 3.08. The van der Waals surface area contributed by atoms with Gasteiger partial charge < -0.3 is 14.6 Å². The Morgan fingerprint density at radius 2 is 2.29 bits per heavy atom. The van der Waals surface area contributed by atoms with Gasteiger partial charge in [-0.3, -0.25) is 0 Å². The van der Waals surface area contributed by atoms with Gasteiger partial charge in [-0.25, -0.2) is 0 Å². The van der Waals surface area contributed by atoms with Crippen molar-refractivity contribution in [2.24, 2.45) is 0 Å². The van der Waals surface area contributed by atoms with Gasteiger partial charge in [-0.15, -0.1) is 0 Å². The van der Waals surface area contributed by atoms with E-state index in [2.05, 4.69) is 0 Å². The lowest BCUT2D eigenvalue weighted by Crippen LogP contribution is -2.37. The Balaban J connectivity index is 2.71. The van der Waals surface area contributed by atoms with Crippen molar-refractivity contribution >= 4 is 5.97 Å². The Morgan fingerprint density at radius 3 is 2.86 bits per heavy atom. The Morgan fingerprint density at radius 1 is 1.57 bits per heavy atom. The van der Waals surface area contributed by atoms with Gasteiger partial charge in [0.2, 0.25) is 0 Å². The maximum Gasteiger partial charge on any atom is 0.135 e. The fourth-order valence-corrected chi connectivity index (χ4v) is 1.09. The van der Waals surface area contributed by atoms with Gasteiger partial charge in [0, 0.05) is 0 Å². The van der Waals surface area contributed by atoms with Crippen LogP contribution in [0.3, 0.4) is 0 Å². The summed E-state index contributed by atoms with van der Waals surface area (Å²) >= 11 is 0. The van der Waals surface area contributed by atoms with E-state index in [9.17, 15) is 9.90 Å². The normalized spacial score (nSPS) is 12.1. The van der Waals surface area contributed by atoms with Gasteiger partial charge in [-0.2, -0.15) is 0 Å². The van der Waals surface area contributed by atoms with E-state index in [-0.39, 0.29) is 0 Å². The first-order valence-electron chi connectivity index (χ1n) is 4.60. The van der Waals surface area contributed by atoms with Crippen LogP contribution in [0.5, 0.6) is 5.75 Å². The molecule has 3 heteroatoms. The van der Waals surface area contributed by atoms with E-state index < -0.39 is 12.1 Å². The molecule has 1 aromatic rings. The number of rotatable bonds is 4. The molecule has 0 fully saturated rings. The van der Waals surface area contributed by atoms with E-state index in [0.29, 0.717) is 5.75 Å². The third-order valence-electron chi connectivity index (χ3n) is 1.95. The van der Waals surface area contributed by atoms with Gasteiger partial charge in [-0.05, 0) is 31.0 Å². The molecule has 0 amide bonds. The summed E-state index contributed by atoms with van der Waals surface area (Å²) < 4.78 is 5.16. The number of hydrogen-bond acceptors (Lipinski definition) is 3. The first-order chi connectivity index (χ1) is 6.63. The van der Waals surface area contributed by atoms with E-state index in [4.69, 9.17) is 4.74 Å². The molecule has 1 aromatic carbocycles. The zero-order chi connectivity index (χ0) is 10.6. The Bertz CT molecular complexity index is 320. The molecule has 76 valence electrons.